The summed E-state index contributed by atoms with van der Waals surface area (Å²) in [5.74, 6) is 2.95. The molecule has 1 aromatic carbocycles. The second-order valence-electron chi connectivity index (χ2n) is 7.41. The molecule has 28 heavy (non-hydrogen) atoms. The van der Waals surface area contributed by atoms with Gasteiger partial charge in [-0.1, -0.05) is 12.1 Å². The molecule has 5 rings (SSSR count). The highest BCUT2D eigenvalue weighted by atomic mass is 32.1. The maximum Gasteiger partial charge on any atom is 0.195 e. The van der Waals surface area contributed by atoms with Crippen LogP contribution in [0, 0.1) is 0 Å². The van der Waals surface area contributed by atoms with E-state index in [-0.39, 0.29) is 0 Å². The van der Waals surface area contributed by atoms with Gasteiger partial charge in [0.15, 0.2) is 28.3 Å². The number of aromatic nitrogens is 1. The molecule has 0 amide bonds. The normalized spacial score (nSPS) is 16.1. The third-order valence-corrected chi connectivity index (χ3v) is 6.59. The molecule has 0 radical (unpaired) electrons. The first-order valence-corrected chi connectivity index (χ1v) is 10.8. The van der Waals surface area contributed by atoms with Crippen LogP contribution in [0.5, 0.6) is 0 Å². The van der Waals surface area contributed by atoms with Crippen LogP contribution in [0.25, 0.3) is 21.0 Å². The minimum atomic E-state index is 0.413. The van der Waals surface area contributed by atoms with E-state index in [9.17, 15) is 0 Å². The number of furan rings is 2. The number of thiazole rings is 1. The number of para-hydroxylation sites is 1. The van der Waals surface area contributed by atoms with Crippen molar-refractivity contribution in [3.8, 4) is 10.8 Å². The lowest BCUT2D eigenvalue weighted by Gasteiger charge is -2.21. The molecule has 6 heteroatoms. The Morgan fingerprint density at radius 1 is 1.07 bits per heavy atom. The molecule has 0 bridgehead atoms. The summed E-state index contributed by atoms with van der Waals surface area (Å²) in [6.07, 6.45) is 4.42. The lowest BCUT2D eigenvalue weighted by Crippen LogP contribution is -3.13. The van der Waals surface area contributed by atoms with Crippen LogP contribution in [0.1, 0.15) is 30.4 Å². The Hall–Kier alpha value is -2.41. The number of rotatable bonds is 7. The van der Waals surface area contributed by atoms with Crippen LogP contribution >= 0.6 is 11.3 Å². The van der Waals surface area contributed by atoms with Crippen LogP contribution in [-0.2, 0) is 6.54 Å². The van der Waals surface area contributed by atoms with Crippen LogP contribution in [-0.4, -0.2) is 24.6 Å². The van der Waals surface area contributed by atoms with Crippen molar-refractivity contribution in [1.82, 2.24) is 4.98 Å². The van der Waals surface area contributed by atoms with Gasteiger partial charge in [-0.05, 0) is 36.4 Å². The molecule has 0 spiro atoms. The zero-order valence-corrected chi connectivity index (χ0v) is 16.6. The molecule has 1 saturated heterocycles. The third kappa shape index (κ3) is 3.63. The Morgan fingerprint density at radius 2 is 1.96 bits per heavy atom. The number of nitrogens with one attached hydrogen (secondary N) is 1. The number of hydrogen-bond donors (Lipinski definition) is 2. The molecular weight excluding hydrogens is 370 g/mol. The Labute approximate surface area is 168 Å². The summed E-state index contributed by atoms with van der Waals surface area (Å²) in [5.41, 5.74) is 1.03. The summed E-state index contributed by atoms with van der Waals surface area (Å²) in [4.78, 5) is 6.33. The summed E-state index contributed by atoms with van der Waals surface area (Å²) < 4.78 is 13.0. The molecule has 0 saturated carbocycles. The maximum absolute atomic E-state index is 6.08. The summed E-state index contributed by atoms with van der Waals surface area (Å²) in [7, 11) is 0. The Morgan fingerprint density at radius 3 is 2.79 bits per heavy atom. The Balaban J connectivity index is 1.24. The van der Waals surface area contributed by atoms with Crippen LogP contribution in [0.4, 0.5) is 0 Å². The molecule has 4 aromatic rings. The van der Waals surface area contributed by atoms with Gasteiger partial charge in [0.25, 0.3) is 0 Å². The average Bonchev–Trinajstić information content (AvgIpc) is 3.52. The second kappa shape index (κ2) is 7.91. The zero-order chi connectivity index (χ0) is 18.8. The van der Waals surface area contributed by atoms with Crippen molar-refractivity contribution in [3.05, 3.63) is 66.3 Å². The van der Waals surface area contributed by atoms with Crippen molar-refractivity contribution in [1.29, 1.82) is 0 Å². The minimum absolute atomic E-state index is 0.413. The number of benzene rings is 1. The van der Waals surface area contributed by atoms with E-state index in [2.05, 4.69) is 28.5 Å². The topological polar surface area (TPSA) is 60.2 Å². The largest absolute Gasteiger partial charge is 0.463 e. The van der Waals surface area contributed by atoms with E-state index in [0.29, 0.717) is 6.04 Å². The fraction of sp³-hybridized carbons (Fsp3) is 0.318. The van der Waals surface area contributed by atoms with E-state index in [4.69, 9.17) is 8.83 Å². The van der Waals surface area contributed by atoms with Crippen molar-refractivity contribution >= 4 is 21.6 Å². The van der Waals surface area contributed by atoms with E-state index in [1.807, 2.05) is 30.3 Å². The monoisotopic (exact) mass is 395 g/mol. The number of hydrogen-bond acceptors (Lipinski definition) is 4. The predicted molar refractivity (Wildman–Crippen MR) is 109 cm³/mol. The van der Waals surface area contributed by atoms with Crippen molar-refractivity contribution in [2.24, 2.45) is 0 Å². The molecule has 1 aliphatic heterocycles. The van der Waals surface area contributed by atoms with E-state index in [0.717, 1.165) is 40.9 Å². The molecule has 1 aliphatic rings. The van der Waals surface area contributed by atoms with Gasteiger partial charge in [-0.2, -0.15) is 0 Å². The third-order valence-electron chi connectivity index (χ3n) is 5.54. The second-order valence-corrected chi connectivity index (χ2v) is 8.45. The summed E-state index contributed by atoms with van der Waals surface area (Å²) >= 11 is 1.68. The van der Waals surface area contributed by atoms with E-state index < -0.39 is 0 Å². The summed E-state index contributed by atoms with van der Waals surface area (Å²) in [5, 5.41) is 3.28. The molecule has 0 aliphatic carbocycles. The summed E-state index contributed by atoms with van der Waals surface area (Å²) in [6.45, 7) is 4.30. The van der Waals surface area contributed by atoms with Crippen molar-refractivity contribution < 1.29 is 19.1 Å². The number of likely N-dealkylation sites (tertiary alicyclic amines) is 1. The molecular formula is C22H25N3O2S+2. The van der Waals surface area contributed by atoms with Crippen molar-refractivity contribution in [2.75, 3.05) is 19.6 Å². The Kier molecular flexibility index (Phi) is 4.99. The molecule has 0 unspecified atom stereocenters. The smallest absolute Gasteiger partial charge is 0.195 e. The summed E-state index contributed by atoms with van der Waals surface area (Å²) in [6, 6.07) is 16.8. The van der Waals surface area contributed by atoms with Crippen LogP contribution in [0.3, 0.4) is 0 Å². The van der Waals surface area contributed by atoms with Gasteiger partial charge in [0, 0.05) is 12.8 Å². The number of nitrogens with two attached hydrogens (primary N) is 1. The van der Waals surface area contributed by atoms with Crippen LogP contribution in [0.2, 0.25) is 0 Å². The number of quaternary nitrogens is 2. The highest BCUT2D eigenvalue weighted by molar-refractivity contribution is 7.21. The van der Waals surface area contributed by atoms with E-state index in [1.165, 1.54) is 30.6 Å². The molecule has 4 heterocycles. The van der Waals surface area contributed by atoms with E-state index in [1.54, 1.807) is 22.5 Å². The van der Waals surface area contributed by atoms with Gasteiger partial charge in [-0.15, -0.1) is 11.3 Å². The standard InChI is InChI=1S/C22H23N3O2S/c1-2-8-21-17(6-1)24-22(28-21)20-10-9-16(27-20)14-23-15-18(19-7-5-13-26-19)25-11-3-4-12-25/h1-2,5-10,13,18,23H,3-4,11-12,14-15H2/p+2/t18-/m1/s1. The van der Waals surface area contributed by atoms with Gasteiger partial charge in [0.05, 0.1) is 29.6 Å². The van der Waals surface area contributed by atoms with Crippen LogP contribution in [0.15, 0.2) is 63.6 Å². The molecule has 1 fully saturated rings. The van der Waals surface area contributed by atoms with Gasteiger partial charge >= 0.3 is 0 Å². The van der Waals surface area contributed by atoms with Gasteiger partial charge in [-0.3, -0.25) is 0 Å². The molecule has 1 atom stereocenters. The fourth-order valence-electron chi connectivity index (χ4n) is 4.12. The first-order chi connectivity index (χ1) is 13.9. The maximum atomic E-state index is 6.08. The lowest BCUT2D eigenvalue weighted by molar-refractivity contribution is -0.936. The highest BCUT2D eigenvalue weighted by Crippen LogP contribution is 2.30. The van der Waals surface area contributed by atoms with Gasteiger partial charge in [0.1, 0.15) is 13.1 Å². The van der Waals surface area contributed by atoms with Gasteiger partial charge in [-0.25, -0.2) is 4.98 Å². The number of nitrogens with zero attached hydrogens (tertiary/aromatic N) is 1. The van der Waals surface area contributed by atoms with Crippen molar-refractivity contribution in [2.45, 2.75) is 25.4 Å². The first kappa shape index (κ1) is 17.7. The Bertz CT molecular complexity index is 998. The van der Waals surface area contributed by atoms with E-state index >= 15 is 0 Å². The van der Waals surface area contributed by atoms with Gasteiger partial charge in [0.2, 0.25) is 0 Å². The first-order valence-electron chi connectivity index (χ1n) is 10.0. The quantitative estimate of drug-likeness (QED) is 0.506. The molecule has 5 nitrogen and oxygen atoms in total. The average molecular weight is 396 g/mol. The molecule has 144 valence electrons. The van der Waals surface area contributed by atoms with Crippen LogP contribution < -0.4 is 10.2 Å². The minimum Gasteiger partial charge on any atom is -0.463 e. The van der Waals surface area contributed by atoms with Crippen molar-refractivity contribution in [3.63, 3.8) is 0 Å². The lowest BCUT2D eigenvalue weighted by atomic mass is 10.2. The predicted octanol–water partition coefficient (Wildman–Crippen LogP) is 2.63. The van der Waals surface area contributed by atoms with Gasteiger partial charge < -0.3 is 19.1 Å². The SMILES string of the molecule is c1coc([C@@H](C[NH2+]Cc2ccc(-c3nc4ccccc4s3)o2)[NH+]2CCCC2)c1. The zero-order valence-electron chi connectivity index (χ0n) is 15.8. The number of fused-ring (bicyclic) bond motifs is 1. The molecule has 3 aromatic heterocycles. The fourth-order valence-corrected chi connectivity index (χ4v) is 5.05. The highest BCUT2D eigenvalue weighted by Gasteiger charge is 2.30. The molecule has 3 N–H and O–H groups in total.